The van der Waals surface area contributed by atoms with Gasteiger partial charge in [0.2, 0.25) is 0 Å². The van der Waals surface area contributed by atoms with E-state index in [1.807, 2.05) is 13.8 Å². The summed E-state index contributed by atoms with van der Waals surface area (Å²) in [5.74, 6) is -3.08. The van der Waals surface area contributed by atoms with E-state index in [1.165, 1.54) is 0 Å². The van der Waals surface area contributed by atoms with Gasteiger partial charge in [-0.3, -0.25) is 0 Å². The van der Waals surface area contributed by atoms with Gasteiger partial charge in [0.25, 0.3) is 0 Å². The van der Waals surface area contributed by atoms with Gasteiger partial charge in [-0.25, -0.2) is 13.2 Å². The van der Waals surface area contributed by atoms with Crippen molar-refractivity contribution in [2.75, 3.05) is 6.54 Å². The van der Waals surface area contributed by atoms with Gasteiger partial charge in [-0.15, -0.1) is 0 Å². The van der Waals surface area contributed by atoms with Crippen molar-refractivity contribution in [1.29, 1.82) is 0 Å². The van der Waals surface area contributed by atoms with Crippen molar-refractivity contribution >= 4 is 0 Å². The summed E-state index contributed by atoms with van der Waals surface area (Å²) in [6.45, 7) is 4.13. The zero-order chi connectivity index (χ0) is 12.1. The van der Waals surface area contributed by atoms with Crippen LogP contribution in [0.1, 0.15) is 25.3 Å². The first-order valence-electron chi connectivity index (χ1n) is 5.24. The highest BCUT2D eigenvalue weighted by Gasteiger charge is 2.59. The van der Waals surface area contributed by atoms with Crippen LogP contribution in [0.15, 0.2) is 12.1 Å². The molecular formula is C12H14F3N. The van der Waals surface area contributed by atoms with E-state index >= 15 is 0 Å². The van der Waals surface area contributed by atoms with Crippen molar-refractivity contribution in [3.05, 3.63) is 35.1 Å². The van der Waals surface area contributed by atoms with Gasteiger partial charge >= 0.3 is 0 Å². The predicted octanol–water partition coefficient (Wildman–Crippen LogP) is 2.80. The van der Waals surface area contributed by atoms with Crippen molar-refractivity contribution in [2.24, 2.45) is 17.1 Å². The van der Waals surface area contributed by atoms with Crippen LogP contribution in [0, 0.1) is 28.8 Å². The molecule has 0 bridgehead atoms. The summed E-state index contributed by atoms with van der Waals surface area (Å²) in [5.41, 5.74) is 5.12. The number of hydrogen-bond donors (Lipinski definition) is 1. The molecule has 2 rings (SSSR count). The Bertz CT molecular complexity index is 429. The van der Waals surface area contributed by atoms with Crippen LogP contribution in [0.5, 0.6) is 0 Å². The second-order valence-electron chi connectivity index (χ2n) is 4.90. The van der Waals surface area contributed by atoms with Crippen LogP contribution in [-0.2, 0) is 0 Å². The molecule has 88 valence electrons. The highest BCUT2D eigenvalue weighted by atomic mass is 19.2. The van der Waals surface area contributed by atoms with E-state index in [0.717, 1.165) is 12.1 Å². The van der Waals surface area contributed by atoms with Crippen LogP contribution in [0.25, 0.3) is 0 Å². The molecule has 1 saturated carbocycles. The molecule has 4 heteroatoms. The van der Waals surface area contributed by atoms with Crippen LogP contribution in [0.3, 0.4) is 0 Å². The lowest BCUT2D eigenvalue weighted by atomic mass is 10.0. The molecule has 1 aromatic carbocycles. The van der Waals surface area contributed by atoms with Crippen LogP contribution < -0.4 is 5.73 Å². The van der Waals surface area contributed by atoms with Gasteiger partial charge in [-0.1, -0.05) is 13.8 Å². The van der Waals surface area contributed by atoms with Crippen molar-refractivity contribution in [2.45, 2.75) is 19.8 Å². The first kappa shape index (κ1) is 11.5. The molecule has 1 fully saturated rings. The first-order valence-corrected chi connectivity index (χ1v) is 5.24. The summed E-state index contributed by atoms with van der Waals surface area (Å²) in [5, 5.41) is 0. The van der Waals surface area contributed by atoms with E-state index in [2.05, 4.69) is 0 Å². The fourth-order valence-electron chi connectivity index (χ4n) is 2.58. The molecule has 1 aliphatic carbocycles. The maximum Gasteiger partial charge on any atom is 0.165 e. The van der Waals surface area contributed by atoms with Gasteiger partial charge in [0.1, 0.15) is 5.82 Å². The highest BCUT2D eigenvalue weighted by molar-refractivity contribution is 5.34. The van der Waals surface area contributed by atoms with E-state index in [0.29, 0.717) is 6.54 Å². The maximum atomic E-state index is 13.6. The van der Waals surface area contributed by atoms with Crippen molar-refractivity contribution < 1.29 is 13.2 Å². The van der Waals surface area contributed by atoms with Crippen LogP contribution in [0.2, 0.25) is 0 Å². The van der Waals surface area contributed by atoms with E-state index in [-0.39, 0.29) is 22.8 Å². The van der Waals surface area contributed by atoms with E-state index in [9.17, 15) is 13.2 Å². The summed E-state index contributed by atoms with van der Waals surface area (Å²) in [4.78, 5) is 0. The minimum absolute atomic E-state index is 0.0123. The largest absolute Gasteiger partial charge is 0.330 e. The Morgan fingerprint density at radius 1 is 1.19 bits per heavy atom. The number of nitrogens with two attached hydrogens (primary N) is 1. The highest BCUT2D eigenvalue weighted by Crippen LogP contribution is 2.64. The summed E-state index contributed by atoms with van der Waals surface area (Å²) in [7, 11) is 0. The lowest BCUT2D eigenvalue weighted by Gasteiger charge is -2.06. The van der Waals surface area contributed by atoms with Gasteiger partial charge in [0.05, 0.1) is 0 Å². The molecule has 0 spiro atoms. The summed E-state index contributed by atoms with van der Waals surface area (Å²) >= 11 is 0. The maximum absolute atomic E-state index is 13.6. The van der Waals surface area contributed by atoms with Gasteiger partial charge in [-0.2, -0.15) is 0 Å². The smallest absolute Gasteiger partial charge is 0.165 e. The lowest BCUT2D eigenvalue weighted by Crippen LogP contribution is -2.05. The Balaban J connectivity index is 2.47. The molecule has 0 unspecified atom stereocenters. The molecule has 0 heterocycles. The number of rotatable bonds is 2. The first-order chi connectivity index (χ1) is 7.41. The zero-order valence-electron chi connectivity index (χ0n) is 9.23. The topological polar surface area (TPSA) is 26.0 Å². The quantitative estimate of drug-likeness (QED) is 0.775. The predicted molar refractivity (Wildman–Crippen MR) is 55.4 cm³/mol. The molecule has 1 aromatic rings. The van der Waals surface area contributed by atoms with Gasteiger partial charge in [-0.05, 0) is 35.9 Å². The van der Waals surface area contributed by atoms with Gasteiger partial charge in [0, 0.05) is 5.56 Å². The van der Waals surface area contributed by atoms with E-state index in [4.69, 9.17) is 5.73 Å². The van der Waals surface area contributed by atoms with Crippen molar-refractivity contribution in [1.82, 2.24) is 0 Å². The molecule has 0 aromatic heterocycles. The Kier molecular flexibility index (Phi) is 2.49. The Labute approximate surface area is 92.5 Å². The summed E-state index contributed by atoms with van der Waals surface area (Å²) < 4.78 is 40.1. The molecule has 0 aliphatic heterocycles. The average Bonchev–Trinajstić information content (AvgIpc) is 2.75. The second-order valence-corrected chi connectivity index (χ2v) is 4.90. The monoisotopic (exact) mass is 229 g/mol. The second kappa shape index (κ2) is 3.48. The van der Waals surface area contributed by atoms with E-state index in [1.54, 1.807) is 0 Å². The lowest BCUT2D eigenvalue weighted by molar-refractivity contribution is 0.471. The minimum atomic E-state index is -1.07. The molecule has 1 aliphatic rings. The van der Waals surface area contributed by atoms with Crippen LogP contribution >= 0.6 is 0 Å². The van der Waals surface area contributed by atoms with Crippen LogP contribution in [0.4, 0.5) is 13.2 Å². The third-order valence-electron chi connectivity index (χ3n) is 3.69. The Morgan fingerprint density at radius 3 is 2.25 bits per heavy atom. The SMILES string of the molecule is CC1(C)[C@@H](CN)[C@@H]1c1c(F)ccc(F)c1F. The summed E-state index contributed by atoms with van der Waals surface area (Å²) in [6.07, 6.45) is 0. The minimum Gasteiger partial charge on any atom is -0.330 e. The number of halogens is 3. The van der Waals surface area contributed by atoms with Crippen molar-refractivity contribution in [3.8, 4) is 0 Å². The number of benzene rings is 1. The molecule has 1 nitrogen and oxygen atoms in total. The fraction of sp³-hybridized carbons (Fsp3) is 0.500. The number of hydrogen-bond acceptors (Lipinski definition) is 1. The normalized spacial score (nSPS) is 26.9. The fourth-order valence-corrected chi connectivity index (χ4v) is 2.58. The zero-order valence-corrected chi connectivity index (χ0v) is 9.23. The average molecular weight is 229 g/mol. The van der Waals surface area contributed by atoms with E-state index < -0.39 is 17.5 Å². The third-order valence-corrected chi connectivity index (χ3v) is 3.69. The Hall–Kier alpha value is -1.03. The molecule has 2 atom stereocenters. The van der Waals surface area contributed by atoms with Crippen LogP contribution in [-0.4, -0.2) is 6.54 Å². The molecule has 0 saturated heterocycles. The molecule has 0 amide bonds. The Morgan fingerprint density at radius 2 is 1.75 bits per heavy atom. The molecule has 2 N–H and O–H groups in total. The molecule has 16 heavy (non-hydrogen) atoms. The third kappa shape index (κ3) is 1.44. The molecular weight excluding hydrogens is 215 g/mol. The van der Waals surface area contributed by atoms with Crippen molar-refractivity contribution in [3.63, 3.8) is 0 Å². The molecule has 0 radical (unpaired) electrons. The summed E-state index contributed by atoms with van der Waals surface area (Å²) in [6, 6.07) is 1.77. The van der Waals surface area contributed by atoms with Gasteiger partial charge in [0.15, 0.2) is 11.6 Å². The van der Waals surface area contributed by atoms with Gasteiger partial charge < -0.3 is 5.73 Å². The standard InChI is InChI=1S/C12H14F3N/c1-12(2)6(5-16)10(12)9-7(13)3-4-8(14)11(9)15/h3-4,6,10H,5,16H2,1-2H3/t6-,10+/m0/s1.